The summed E-state index contributed by atoms with van der Waals surface area (Å²) < 4.78 is 26.7. The third-order valence-electron chi connectivity index (χ3n) is 4.00. The Kier molecular flexibility index (Phi) is 6.50. The summed E-state index contributed by atoms with van der Waals surface area (Å²) in [4.78, 5) is 13.9. The van der Waals surface area contributed by atoms with E-state index in [0.29, 0.717) is 24.5 Å². The number of piperazine rings is 1. The van der Waals surface area contributed by atoms with E-state index >= 15 is 0 Å². The maximum Gasteiger partial charge on any atom is 0.243 e. The first-order chi connectivity index (χ1) is 11.3. The molecule has 1 saturated heterocycles. The number of benzene rings is 1. The van der Waals surface area contributed by atoms with Crippen LogP contribution in [0.1, 0.15) is 19.8 Å². The lowest BCUT2D eigenvalue weighted by atomic mass is 10.1. The van der Waals surface area contributed by atoms with Crippen LogP contribution in [-0.4, -0.2) is 55.8 Å². The van der Waals surface area contributed by atoms with E-state index in [1.165, 1.54) is 22.5 Å². The van der Waals surface area contributed by atoms with Crippen LogP contribution in [0.15, 0.2) is 23.1 Å². The molecule has 2 N–H and O–H groups in total. The first-order valence-electron chi connectivity index (χ1n) is 7.77. The zero-order chi connectivity index (χ0) is 17.9. The molecule has 0 aliphatic carbocycles. The van der Waals surface area contributed by atoms with Crippen LogP contribution in [0.4, 0.5) is 0 Å². The molecule has 2 rings (SSSR count). The minimum Gasteiger partial charge on any atom is -0.339 e. The smallest absolute Gasteiger partial charge is 0.243 e. The zero-order valence-corrected chi connectivity index (χ0v) is 15.7. The lowest BCUT2D eigenvalue weighted by Crippen LogP contribution is -2.54. The van der Waals surface area contributed by atoms with Gasteiger partial charge in [-0.3, -0.25) is 4.79 Å². The molecule has 0 radical (unpaired) electrons. The monoisotopic (exact) mass is 393 g/mol. The average Bonchev–Trinajstić information content (AvgIpc) is 2.57. The number of carbonyl (C=O) groups is 1. The van der Waals surface area contributed by atoms with Crippen molar-refractivity contribution in [3.63, 3.8) is 0 Å². The Morgan fingerprint density at radius 3 is 2.38 bits per heavy atom. The van der Waals surface area contributed by atoms with Gasteiger partial charge in [0.25, 0.3) is 0 Å². The number of halogens is 2. The maximum absolute atomic E-state index is 12.7. The summed E-state index contributed by atoms with van der Waals surface area (Å²) in [6, 6.07) is 3.71. The number of carbonyl (C=O) groups excluding carboxylic acids is 1. The molecule has 1 unspecified atom stereocenters. The first-order valence-corrected chi connectivity index (χ1v) is 9.96. The Bertz CT molecular complexity index is 704. The number of rotatable bonds is 5. The van der Waals surface area contributed by atoms with Gasteiger partial charge in [0.15, 0.2) is 0 Å². The average molecular weight is 394 g/mol. The number of nitrogens with two attached hydrogens (primary N) is 1. The van der Waals surface area contributed by atoms with E-state index in [4.69, 9.17) is 28.9 Å². The molecule has 9 heteroatoms. The van der Waals surface area contributed by atoms with Gasteiger partial charge in [-0.25, -0.2) is 8.42 Å². The van der Waals surface area contributed by atoms with Crippen molar-refractivity contribution in [3.05, 3.63) is 28.2 Å². The number of amides is 1. The lowest BCUT2D eigenvalue weighted by Gasteiger charge is -2.35. The SMILES string of the molecule is CCCC(N)C(=O)N1CCN(S(=O)(=O)c2ccc(Cl)c(Cl)c2)CC1. The van der Waals surface area contributed by atoms with E-state index in [1.807, 2.05) is 6.92 Å². The molecule has 0 saturated carbocycles. The summed E-state index contributed by atoms with van der Waals surface area (Å²) in [7, 11) is -3.66. The quantitative estimate of drug-likeness (QED) is 0.828. The molecular formula is C15H21Cl2N3O3S. The highest BCUT2D eigenvalue weighted by molar-refractivity contribution is 7.89. The molecule has 1 atom stereocenters. The van der Waals surface area contributed by atoms with Crippen molar-refractivity contribution < 1.29 is 13.2 Å². The van der Waals surface area contributed by atoms with Crippen LogP contribution >= 0.6 is 23.2 Å². The predicted octanol–water partition coefficient (Wildman–Crippen LogP) is 1.95. The van der Waals surface area contributed by atoms with Crippen LogP contribution in [0.2, 0.25) is 10.0 Å². The largest absolute Gasteiger partial charge is 0.339 e. The van der Waals surface area contributed by atoms with Crippen molar-refractivity contribution >= 4 is 39.1 Å². The Labute approximate surface area is 152 Å². The summed E-state index contributed by atoms with van der Waals surface area (Å²) in [5.74, 6) is -0.122. The van der Waals surface area contributed by atoms with Gasteiger partial charge < -0.3 is 10.6 Å². The molecule has 1 aliphatic heterocycles. The Balaban J connectivity index is 2.05. The van der Waals surface area contributed by atoms with E-state index in [9.17, 15) is 13.2 Å². The van der Waals surface area contributed by atoms with E-state index < -0.39 is 16.1 Å². The van der Waals surface area contributed by atoms with Crippen molar-refractivity contribution in [3.8, 4) is 0 Å². The number of hydrogen-bond donors (Lipinski definition) is 1. The molecule has 24 heavy (non-hydrogen) atoms. The minimum absolute atomic E-state index is 0.0966. The van der Waals surface area contributed by atoms with E-state index in [2.05, 4.69) is 0 Å². The van der Waals surface area contributed by atoms with Gasteiger partial charge in [0.1, 0.15) is 0 Å². The molecule has 1 aliphatic rings. The molecule has 134 valence electrons. The van der Waals surface area contributed by atoms with Crippen LogP contribution in [0.3, 0.4) is 0 Å². The summed E-state index contributed by atoms with van der Waals surface area (Å²) in [6.07, 6.45) is 1.46. The van der Waals surface area contributed by atoms with Crippen molar-refractivity contribution in [2.24, 2.45) is 5.73 Å². The maximum atomic E-state index is 12.7. The fourth-order valence-corrected chi connectivity index (χ4v) is 4.42. The van der Waals surface area contributed by atoms with E-state index in [0.717, 1.165) is 6.42 Å². The van der Waals surface area contributed by atoms with Crippen LogP contribution in [0.5, 0.6) is 0 Å². The van der Waals surface area contributed by atoms with Gasteiger partial charge in [0, 0.05) is 26.2 Å². The highest BCUT2D eigenvalue weighted by Crippen LogP contribution is 2.27. The van der Waals surface area contributed by atoms with E-state index in [-0.39, 0.29) is 28.9 Å². The minimum atomic E-state index is -3.66. The summed E-state index contributed by atoms with van der Waals surface area (Å²) in [5.41, 5.74) is 5.85. The second-order valence-corrected chi connectivity index (χ2v) is 8.45. The molecule has 1 heterocycles. The highest BCUT2D eigenvalue weighted by atomic mass is 35.5. The highest BCUT2D eigenvalue weighted by Gasteiger charge is 2.31. The third-order valence-corrected chi connectivity index (χ3v) is 6.63. The molecule has 1 fully saturated rings. The molecule has 1 aromatic carbocycles. The van der Waals surface area contributed by atoms with Gasteiger partial charge in [0.2, 0.25) is 15.9 Å². The van der Waals surface area contributed by atoms with Gasteiger partial charge in [-0.05, 0) is 24.6 Å². The summed E-state index contributed by atoms with van der Waals surface area (Å²) in [6.45, 7) is 3.09. The molecule has 1 aromatic rings. The fourth-order valence-electron chi connectivity index (χ4n) is 2.60. The van der Waals surface area contributed by atoms with Gasteiger partial charge in [-0.1, -0.05) is 36.5 Å². The first kappa shape index (κ1) is 19.5. The van der Waals surface area contributed by atoms with Crippen molar-refractivity contribution in [1.82, 2.24) is 9.21 Å². The van der Waals surface area contributed by atoms with Gasteiger partial charge in [-0.15, -0.1) is 0 Å². The van der Waals surface area contributed by atoms with E-state index in [1.54, 1.807) is 4.90 Å². The molecule has 0 aromatic heterocycles. The number of hydrogen-bond acceptors (Lipinski definition) is 4. The molecule has 1 amide bonds. The molecular weight excluding hydrogens is 373 g/mol. The zero-order valence-electron chi connectivity index (χ0n) is 13.4. The van der Waals surface area contributed by atoms with Gasteiger partial charge in [-0.2, -0.15) is 4.31 Å². The second kappa shape index (κ2) is 8.01. The molecule has 0 bridgehead atoms. The van der Waals surface area contributed by atoms with Crippen LogP contribution in [-0.2, 0) is 14.8 Å². The van der Waals surface area contributed by atoms with Crippen molar-refractivity contribution in [2.45, 2.75) is 30.7 Å². The summed E-state index contributed by atoms with van der Waals surface area (Å²) >= 11 is 11.7. The fraction of sp³-hybridized carbons (Fsp3) is 0.533. The summed E-state index contributed by atoms with van der Waals surface area (Å²) in [5, 5.41) is 0.494. The molecule has 6 nitrogen and oxygen atoms in total. The second-order valence-electron chi connectivity index (χ2n) is 5.70. The topological polar surface area (TPSA) is 83.7 Å². The number of sulfonamides is 1. The lowest BCUT2D eigenvalue weighted by molar-refractivity contribution is -0.133. The van der Waals surface area contributed by atoms with Crippen LogP contribution in [0, 0.1) is 0 Å². The third kappa shape index (κ3) is 4.21. The van der Waals surface area contributed by atoms with Crippen molar-refractivity contribution in [2.75, 3.05) is 26.2 Å². The Morgan fingerprint density at radius 1 is 1.21 bits per heavy atom. The van der Waals surface area contributed by atoms with Gasteiger partial charge in [0.05, 0.1) is 21.0 Å². The standard InChI is InChI=1S/C15H21Cl2N3O3S/c1-2-3-14(18)15(21)19-6-8-20(9-7-19)24(22,23)11-4-5-12(16)13(17)10-11/h4-5,10,14H,2-3,6-9,18H2,1H3. The molecule has 0 spiro atoms. The normalized spacial score (nSPS) is 17.8. The Morgan fingerprint density at radius 2 is 1.83 bits per heavy atom. The van der Waals surface area contributed by atoms with Gasteiger partial charge >= 0.3 is 0 Å². The van der Waals surface area contributed by atoms with Crippen molar-refractivity contribution in [1.29, 1.82) is 0 Å². The van der Waals surface area contributed by atoms with Crippen LogP contribution < -0.4 is 5.73 Å². The predicted molar refractivity (Wildman–Crippen MR) is 94.7 cm³/mol. The number of nitrogens with zero attached hydrogens (tertiary/aromatic N) is 2. The Hall–Kier alpha value is -0.860. The van der Waals surface area contributed by atoms with Crippen LogP contribution in [0.25, 0.3) is 0 Å².